The van der Waals surface area contributed by atoms with Crippen LogP contribution in [-0.4, -0.2) is 45.8 Å². The van der Waals surface area contributed by atoms with Crippen molar-refractivity contribution >= 4 is 5.91 Å². The first-order valence-corrected chi connectivity index (χ1v) is 11.4. The van der Waals surface area contributed by atoms with Gasteiger partial charge in [-0.3, -0.25) is 4.79 Å². The quantitative estimate of drug-likeness (QED) is 0.781. The molecule has 1 aliphatic heterocycles. The summed E-state index contributed by atoms with van der Waals surface area (Å²) < 4.78 is 8.18. The van der Waals surface area contributed by atoms with Gasteiger partial charge in [0.2, 0.25) is 5.91 Å². The number of nitrogens with zero attached hydrogens (tertiary/aromatic N) is 4. The Hall–Kier alpha value is -2.21. The van der Waals surface area contributed by atoms with Gasteiger partial charge in [-0.2, -0.15) is 5.10 Å². The maximum Gasteiger partial charge on any atom is 0.228 e. The highest BCUT2D eigenvalue weighted by atomic mass is 16.5. The molecule has 5 aliphatic rings. The number of ether oxygens (including phenoxy) is 1. The van der Waals surface area contributed by atoms with Crippen molar-refractivity contribution in [2.45, 2.75) is 56.6 Å². The molecule has 158 valence electrons. The van der Waals surface area contributed by atoms with Crippen LogP contribution in [0.5, 0.6) is 0 Å². The second-order valence-corrected chi connectivity index (χ2v) is 10.3. The molecule has 2 unspecified atom stereocenters. The van der Waals surface area contributed by atoms with Crippen LogP contribution in [0.1, 0.15) is 55.8 Å². The zero-order valence-corrected chi connectivity index (χ0v) is 17.7. The van der Waals surface area contributed by atoms with Gasteiger partial charge in [0.1, 0.15) is 18.8 Å². The largest absolute Gasteiger partial charge is 0.371 e. The smallest absolute Gasteiger partial charge is 0.228 e. The van der Waals surface area contributed by atoms with E-state index in [2.05, 4.69) is 39.0 Å². The summed E-state index contributed by atoms with van der Waals surface area (Å²) in [7, 11) is 1.98. The lowest BCUT2D eigenvalue weighted by Gasteiger charge is -2.61. The van der Waals surface area contributed by atoms with Crippen molar-refractivity contribution in [2.24, 2.45) is 17.3 Å². The van der Waals surface area contributed by atoms with E-state index in [0.29, 0.717) is 24.3 Å². The van der Waals surface area contributed by atoms with E-state index in [1.165, 1.54) is 17.5 Å². The van der Waals surface area contributed by atoms with Gasteiger partial charge >= 0.3 is 0 Å². The van der Waals surface area contributed by atoms with Crippen LogP contribution < -0.4 is 0 Å². The molecule has 0 N–H and O–H groups in total. The molecule has 0 radical (unpaired) electrons. The van der Waals surface area contributed by atoms with E-state index in [0.717, 1.165) is 45.1 Å². The third-order valence-electron chi connectivity index (χ3n) is 8.27. The lowest BCUT2D eigenvalue weighted by Crippen LogP contribution is -2.61. The Morgan fingerprint density at radius 2 is 2.03 bits per heavy atom. The van der Waals surface area contributed by atoms with E-state index in [1.807, 2.05) is 18.3 Å². The number of amides is 1. The molecule has 4 fully saturated rings. The summed E-state index contributed by atoms with van der Waals surface area (Å²) >= 11 is 0. The van der Waals surface area contributed by atoms with Crippen molar-refractivity contribution in [3.05, 3.63) is 48.0 Å². The van der Waals surface area contributed by atoms with Crippen molar-refractivity contribution in [1.82, 2.24) is 19.7 Å². The van der Waals surface area contributed by atoms with Gasteiger partial charge in [0.15, 0.2) is 0 Å². The normalized spacial score (nSPS) is 36.5. The monoisotopic (exact) mass is 406 g/mol. The Kier molecular flexibility index (Phi) is 4.11. The Morgan fingerprint density at radius 1 is 1.23 bits per heavy atom. The Balaban J connectivity index is 1.26. The van der Waals surface area contributed by atoms with E-state index in [-0.39, 0.29) is 17.1 Å². The standard InChI is InChI=1S/C24H30N4O2/c1-27(13-21-20-5-3-2-4-19(20)6-7-30-21)22(29)23-9-17-8-18(10-23)12-24(11-17,14-23)28-16-25-15-26-28/h2-5,15-18,21H,6-14H2,1H3/t17-,18+,21-,23?,24?/m0/s1. The zero-order valence-electron chi connectivity index (χ0n) is 17.7. The van der Waals surface area contributed by atoms with Gasteiger partial charge in [0.05, 0.1) is 24.1 Å². The Labute approximate surface area is 177 Å². The van der Waals surface area contributed by atoms with Crippen molar-refractivity contribution in [3.63, 3.8) is 0 Å². The molecule has 1 aromatic carbocycles. The molecular formula is C24H30N4O2. The number of benzene rings is 1. The summed E-state index contributed by atoms with van der Waals surface area (Å²) in [6.07, 6.45) is 11.0. The number of likely N-dealkylation sites (N-methyl/N-ethyl adjacent to an activating group) is 1. The lowest BCUT2D eigenvalue weighted by atomic mass is 9.46. The van der Waals surface area contributed by atoms with Gasteiger partial charge in [-0.1, -0.05) is 24.3 Å². The average Bonchev–Trinajstić information content (AvgIpc) is 3.28. The average molecular weight is 407 g/mol. The first kappa shape index (κ1) is 18.6. The summed E-state index contributed by atoms with van der Waals surface area (Å²) in [5.41, 5.74) is 2.33. The van der Waals surface area contributed by atoms with Gasteiger partial charge < -0.3 is 9.64 Å². The predicted molar refractivity (Wildman–Crippen MR) is 112 cm³/mol. The SMILES string of the molecule is CN(C[C@@H]1OCCc2ccccc21)C(=O)C12C[C@H]3C[C@@H](C1)CC(n1cncn1)(C3)C2. The number of fused-ring (bicyclic) bond motifs is 1. The molecule has 0 saturated heterocycles. The van der Waals surface area contributed by atoms with Crippen molar-refractivity contribution in [3.8, 4) is 0 Å². The fourth-order valence-electron chi connectivity index (χ4n) is 7.55. The van der Waals surface area contributed by atoms with Crippen LogP contribution in [-0.2, 0) is 21.5 Å². The number of hydrogen-bond acceptors (Lipinski definition) is 4. The highest BCUT2D eigenvalue weighted by molar-refractivity contribution is 5.83. The first-order valence-electron chi connectivity index (χ1n) is 11.4. The first-order chi connectivity index (χ1) is 14.6. The molecular weight excluding hydrogens is 376 g/mol. The molecule has 7 rings (SSSR count). The molecule has 4 aliphatic carbocycles. The van der Waals surface area contributed by atoms with Gasteiger partial charge in [-0.05, 0) is 67.9 Å². The molecule has 4 saturated carbocycles. The predicted octanol–water partition coefficient (Wildman–Crippen LogP) is 3.35. The third kappa shape index (κ3) is 2.76. The van der Waals surface area contributed by atoms with Gasteiger partial charge in [0, 0.05) is 7.05 Å². The Morgan fingerprint density at radius 3 is 2.80 bits per heavy atom. The minimum atomic E-state index is -0.251. The number of carbonyl (C=O) groups is 1. The second-order valence-electron chi connectivity index (χ2n) is 10.3. The van der Waals surface area contributed by atoms with E-state index >= 15 is 0 Å². The van der Waals surface area contributed by atoms with Crippen LogP contribution in [0.2, 0.25) is 0 Å². The van der Waals surface area contributed by atoms with Crippen LogP contribution >= 0.6 is 0 Å². The molecule has 4 bridgehead atoms. The number of aromatic nitrogens is 3. The number of rotatable bonds is 4. The lowest BCUT2D eigenvalue weighted by molar-refractivity contribution is -0.167. The van der Waals surface area contributed by atoms with Gasteiger partial charge in [0.25, 0.3) is 0 Å². The molecule has 1 aromatic heterocycles. The van der Waals surface area contributed by atoms with Crippen LogP contribution in [0, 0.1) is 17.3 Å². The van der Waals surface area contributed by atoms with E-state index < -0.39 is 0 Å². The molecule has 2 aromatic rings. The summed E-state index contributed by atoms with van der Waals surface area (Å²) in [6.45, 7) is 1.36. The third-order valence-corrected chi connectivity index (χ3v) is 8.27. The summed E-state index contributed by atoms with van der Waals surface area (Å²) in [6, 6.07) is 8.51. The van der Waals surface area contributed by atoms with E-state index in [4.69, 9.17) is 4.74 Å². The van der Waals surface area contributed by atoms with Gasteiger partial charge in [-0.25, -0.2) is 9.67 Å². The topological polar surface area (TPSA) is 60.2 Å². The van der Waals surface area contributed by atoms with E-state index in [9.17, 15) is 4.79 Å². The van der Waals surface area contributed by atoms with E-state index in [1.54, 1.807) is 6.33 Å². The molecule has 0 spiro atoms. The van der Waals surface area contributed by atoms with Crippen molar-refractivity contribution in [1.29, 1.82) is 0 Å². The fourth-order valence-corrected chi connectivity index (χ4v) is 7.55. The molecule has 2 heterocycles. The summed E-state index contributed by atoms with van der Waals surface area (Å²) in [5.74, 6) is 1.56. The number of carbonyl (C=O) groups excluding carboxylic acids is 1. The van der Waals surface area contributed by atoms with Crippen molar-refractivity contribution < 1.29 is 9.53 Å². The minimum absolute atomic E-state index is 0.0228. The van der Waals surface area contributed by atoms with Crippen LogP contribution in [0.15, 0.2) is 36.9 Å². The molecule has 30 heavy (non-hydrogen) atoms. The zero-order chi connectivity index (χ0) is 20.3. The number of hydrogen-bond donors (Lipinski definition) is 0. The minimum Gasteiger partial charge on any atom is -0.371 e. The highest BCUT2D eigenvalue weighted by Gasteiger charge is 2.62. The Bertz CT molecular complexity index is 942. The molecule has 6 heteroatoms. The van der Waals surface area contributed by atoms with Crippen LogP contribution in [0.3, 0.4) is 0 Å². The maximum absolute atomic E-state index is 13.9. The maximum atomic E-state index is 13.9. The van der Waals surface area contributed by atoms with Crippen LogP contribution in [0.4, 0.5) is 0 Å². The van der Waals surface area contributed by atoms with Crippen LogP contribution in [0.25, 0.3) is 0 Å². The fraction of sp³-hybridized carbons (Fsp3) is 0.625. The molecule has 5 atom stereocenters. The molecule has 1 amide bonds. The highest BCUT2D eigenvalue weighted by Crippen LogP contribution is 2.64. The van der Waals surface area contributed by atoms with Crippen molar-refractivity contribution in [2.75, 3.05) is 20.2 Å². The second kappa shape index (κ2) is 6.64. The summed E-state index contributed by atoms with van der Waals surface area (Å²) in [5, 5.41) is 4.52. The molecule has 6 nitrogen and oxygen atoms in total. The van der Waals surface area contributed by atoms with Gasteiger partial charge in [-0.15, -0.1) is 0 Å². The summed E-state index contributed by atoms with van der Waals surface area (Å²) in [4.78, 5) is 20.1.